The predicted molar refractivity (Wildman–Crippen MR) is 108 cm³/mol. The normalized spacial score (nSPS) is 29.9. The maximum absolute atomic E-state index is 13.8. The van der Waals surface area contributed by atoms with Gasteiger partial charge in [-0.1, -0.05) is 0 Å². The smallest absolute Gasteiger partial charge is 0.370 e. The van der Waals surface area contributed by atoms with Gasteiger partial charge in [0.15, 0.2) is 16.6 Å². The number of aliphatic imine (C=N–C) groups is 2. The lowest BCUT2D eigenvalue weighted by Crippen LogP contribution is -2.62. The Hall–Kier alpha value is -2.12. The molecular weight excluding hydrogens is 477 g/mol. The van der Waals surface area contributed by atoms with Gasteiger partial charge < -0.3 is 11.1 Å². The van der Waals surface area contributed by atoms with Crippen LogP contribution in [-0.2, 0) is 11.8 Å². The van der Waals surface area contributed by atoms with E-state index in [1.54, 1.807) is 0 Å². The maximum Gasteiger partial charge on any atom is 0.443 e. The molecular formula is C19H23F7N6S. The fourth-order valence-electron chi connectivity index (χ4n) is 4.54. The number of nitrogens with two attached hydrogens (primary N) is 1. The number of hydrogen-bond donors (Lipinski definition) is 3. The fraction of sp³-hybridized carbons (Fsp3) is 0.737. The molecule has 1 aromatic heterocycles. The van der Waals surface area contributed by atoms with Gasteiger partial charge in [0, 0.05) is 37.0 Å². The lowest BCUT2D eigenvalue weighted by Gasteiger charge is -2.43. The van der Waals surface area contributed by atoms with Crippen LogP contribution in [-0.4, -0.2) is 34.8 Å². The molecule has 184 valence electrons. The van der Waals surface area contributed by atoms with Crippen LogP contribution in [0.3, 0.4) is 0 Å². The first-order valence-electron chi connectivity index (χ1n) is 10.6. The summed E-state index contributed by atoms with van der Waals surface area (Å²) in [4.78, 5) is 12.5. The molecule has 33 heavy (non-hydrogen) atoms. The van der Waals surface area contributed by atoms with Gasteiger partial charge in [0.2, 0.25) is 17.8 Å². The van der Waals surface area contributed by atoms with Gasteiger partial charge >= 0.3 is 6.18 Å². The van der Waals surface area contributed by atoms with Crippen molar-refractivity contribution in [3.8, 4) is 0 Å². The van der Waals surface area contributed by atoms with Gasteiger partial charge in [0.05, 0.1) is 6.04 Å². The van der Waals surface area contributed by atoms with Crippen LogP contribution in [0, 0.1) is 5.92 Å². The summed E-state index contributed by atoms with van der Waals surface area (Å²) in [6.45, 7) is 0. The highest BCUT2D eigenvalue weighted by Gasteiger charge is 2.51. The van der Waals surface area contributed by atoms with Gasteiger partial charge in [-0.3, -0.25) is 5.32 Å². The minimum Gasteiger partial charge on any atom is -0.370 e. The topological polar surface area (TPSA) is 87.7 Å². The Balaban J connectivity index is 1.68. The molecule has 2 saturated carbocycles. The molecule has 1 aromatic rings. The summed E-state index contributed by atoms with van der Waals surface area (Å²) in [7, 11) is 0. The van der Waals surface area contributed by atoms with Crippen LogP contribution in [0.4, 0.5) is 30.7 Å². The average Bonchev–Trinajstić information content (AvgIpc) is 3.20. The summed E-state index contributed by atoms with van der Waals surface area (Å²) in [5.41, 5.74) is 4.21. The highest BCUT2D eigenvalue weighted by atomic mass is 32.1. The monoisotopic (exact) mass is 500 g/mol. The van der Waals surface area contributed by atoms with E-state index in [2.05, 4.69) is 25.6 Å². The van der Waals surface area contributed by atoms with Crippen molar-refractivity contribution in [3.05, 3.63) is 16.1 Å². The van der Waals surface area contributed by atoms with Gasteiger partial charge in [-0.25, -0.2) is 32.5 Å². The summed E-state index contributed by atoms with van der Waals surface area (Å²) in [5.74, 6) is -6.38. The number of hydrogen-bond acceptors (Lipinski definition) is 5. The molecule has 14 heteroatoms. The summed E-state index contributed by atoms with van der Waals surface area (Å²) in [5, 5.41) is 5.73. The van der Waals surface area contributed by atoms with E-state index < -0.39 is 53.5 Å². The van der Waals surface area contributed by atoms with Crippen molar-refractivity contribution in [1.82, 2.24) is 15.6 Å². The van der Waals surface area contributed by atoms with Crippen LogP contribution in [0.25, 0.3) is 0 Å². The Bertz CT molecular complexity index is 923. The van der Waals surface area contributed by atoms with E-state index in [0.717, 1.165) is 0 Å². The summed E-state index contributed by atoms with van der Waals surface area (Å²) in [6, 6.07) is -0.458. The molecule has 2 fully saturated rings. The molecule has 0 spiro atoms. The Labute approximate surface area is 189 Å². The van der Waals surface area contributed by atoms with E-state index in [0.29, 0.717) is 11.3 Å². The Morgan fingerprint density at radius 2 is 1.58 bits per heavy atom. The zero-order chi connectivity index (χ0) is 24.1. The van der Waals surface area contributed by atoms with E-state index in [1.807, 2.05) is 0 Å². The molecule has 1 aliphatic heterocycles. The Morgan fingerprint density at radius 1 is 1.00 bits per heavy atom. The van der Waals surface area contributed by atoms with Crippen LogP contribution >= 0.6 is 11.3 Å². The molecule has 1 unspecified atom stereocenters. The molecule has 1 atom stereocenters. The third-order valence-corrected chi connectivity index (χ3v) is 7.18. The number of thiazole rings is 1. The largest absolute Gasteiger partial charge is 0.443 e. The molecule has 4 N–H and O–H groups in total. The van der Waals surface area contributed by atoms with E-state index in [4.69, 9.17) is 5.73 Å². The third kappa shape index (κ3) is 5.19. The average molecular weight is 500 g/mol. The van der Waals surface area contributed by atoms with Crippen LogP contribution in [0.15, 0.2) is 15.4 Å². The van der Waals surface area contributed by atoms with Crippen LogP contribution in [0.2, 0.25) is 0 Å². The number of aromatic nitrogens is 1. The highest BCUT2D eigenvalue weighted by Crippen LogP contribution is 2.46. The van der Waals surface area contributed by atoms with Gasteiger partial charge in [-0.05, 0) is 25.7 Å². The lowest BCUT2D eigenvalue weighted by molar-refractivity contribution is -0.137. The van der Waals surface area contributed by atoms with Crippen molar-refractivity contribution in [2.45, 2.75) is 81.1 Å². The number of halogens is 7. The maximum atomic E-state index is 13.8. The van der Waals surface area contributed by atoms with Gasteiger partial charge in [0.25, 0.3) is 0 Å². The van der Waals surface area contributed by atoms with Crippen LogP contribution in [0.1, 0.15) is 62.1 Å². The summed E-state index contributed by atoms with van der Waals surface area (Å²) >= 11 is 0.372. The molecule has 0 saturated heterocycles. The van der Waals surface area contributed by atoms with E-state index in [9.17, 15) is 30.7 Å². The van der Waals surface area contributed by atoms with Crippen molar-refractivity contribution >= 4 is 23.3 Å². The van der Waals surface area contributed by atoms with Crippen molar-refractivity contribution in [2.75, 3.05) is 0 Å². The molecule has 0 radical (unpaired) electrons. The molecule has 6 nitrogen and oxygen atoms in total. The van der Waals surface area contributed by atoms with Crippen LogP contribution in [0.5, 0.6) is 0 Å². The molecule has 2 heterocycles. The molecule has 0 bridgehead atoms. The lowest BCUT2D eigenvalue weighted by atomic mass is 9.77. The highest BCUT2D eigenvalue weighted by molar-refractivity contribution is 7.09. The quantitative estimate of drug-likeness (QED) is 0.531. The third-order valence-electron chi connectivity index (χ3n) is 6.30. The summed E-state index contributed by atoms with van der Waals surface area (Å²) in [6.07, 6.45) is -6.07. The summed E-state index contributed by atoms with van der Waals surface area (Å²) < 4.78 is 94.3. The second-order valence-electron chi connectivity index (χ2n) is 8.74. The van der Waals surface area contributed by atoms with E-state index in [-0.39, 0.29) is 56.1 Å². The first-order valence-corrected chi connectivity index (χ1v) is 11.4. The van der Waals surface area contributed by atoms with Crippen LogP contribution < -0.4 is 16.4 Å². The zero-order valence-corrected chi connectivity index (χ0v) is 18.2. The van der Waals surface area contributed by atoms with Gasteiger partial charge in [-0.15, -0.1) is 11.3 Å². The van der Waals surface area contributed by atoms with Crippen molar-refractivity contribution < 1.29 is 30.7 Å². The predicted octanol–water partition coefficient (Wildman–Crippen LogP) is 4.58. The molecule has 4 rings (SSSR count). The number of rotatable bonds is 3. The van der Waals surface area contributed by atoms with Crippen molar-refractivity contribution in [3.63, 3.8) is 0 Å². The molecule has 2 aliphatic carbocycles. The number of nitrogens with zero attached hydrogens (tertiary/aromatic N) is 3. The minimum atomic E-state index is -4.68. The van der Waals surface area contributed by atoms with Gasteiger partial charge in [0.1, 0.15) is 5.69 Å². The van der Waals surface area contributed by atoms with E-state index in [1.165, 1.54) is 5.38 Å². The van der Waals surface area contributed by atoms with Gasteiger partial charge in [-0.2, -0.15) is 13.2 Å². The Kier molecular flexibility index (Phi) is 6.02. The second kappa shape index (κ2) is 8.27. The number of alkyl halides is 7. The first-order chi connectivity index (χ1) is 15.3. The minimum absolute atomic E-state index is 0.0292. The second-order valence-corrected chi connectivity index (χ2v) is 9.60. The fourth-order valence-corrected chi connectivity index (χ4v) is 5.28. The molecule has 0 amide bonds. The zero-order valence-electron chi connectivity index (χ0n) is 17.4. The molecule has 3 aliphatic rings. The van der Waals surface area contributed by atoms with E-state index >= 15 is 0 Å². The number of guanidine groups is 2. The first kappa shape index (κ1) is 24.0. The molecule has 0 aromatic carbocycles. The van der Waals surface area contributed by atoms with Crippen molar-refractivity contribution in [2.24, 2.45) is 21.6 Å². The standard InChI is InChI=1S/C19H23F7N6S/c20-16(21)5-1-10(2-6-16)18(12-9-33-13(29-12)19(24,25)26)31-14(27)30-15(32-18)28-11-3-7-17(22,23)8-4-11/h9-11H,1-8H2,(H4,27,28,30,31,32). The SMILES string of the molecule is NC1=NC(c2csc(C(F)(F)F)n2)(C2CCC(F)(F)CC2)NC(=NC2CCC(F)(F)CC2)N1. The van der Waals surface area contributed by atoms with Crippen molar-refractivity contribution in [1.29, 1.82) is 0 Å². The number of nitrogens with one attached hydrogen (secondary N) is 2. The Morgan fingerprint density at radius 3 is 2.12 bits per heavy atom.